The number of rotatable bonds is 7. The molecule has 0 radical (unpaired) electrons. The lowest BCUT2D eigenvalue weighted by molar-refractivity contribution is 0.0785. The molecule has 5 nitrogen and oxygen atoms in total. The van der Waals surface area contributed by atoms with Crippen molar-refractivity contribution in [3.63, 3.8) is 0 Å². The van der Waals surface area contributed by atoms with Crippen molar-refractivity contribution in [3.05, 3.63) is 87.1 Å². The Balaban J connectivity index is 1.65. The predicted octanol–water partition coefficient (Wildman–Crippen LogP) is 4.15. The molecule has 3 aromatic rings. The molecule has 0 aliphatic carbocycles. The normalized spacial score (nSPS) is 11.4. The van der Waals surface area contributed by atoms with E-state index in [1.165, 1.54) is 35.6 Å². The Bertz CT molecular complexity index is 1030. The van der Waals surface area contributed by atoms with Crippen LogP contribution in [0.2, 0.25) is 5.02 Å². The van der Waals surface area contributed by atoms with Crippen LogP contribution in [0.15, 0.2) is 70.9 Å². The van der Waals surface area contributed by atoms with E-state index in [2.05, 4.69) is 4.72 Å². The minimum absolute atomic E-state index is 0.126. The fourth-order valence-corrected chi connectivity index (χ4v) is 4.46. The van der Waals surface area contributed by atoms with Crippen LogP contribution in [0, 0.1) is 0 Å². The van der Waals surface area contributed by atoms with Gasteiger partial charge in [-0.05, 0) is 53.4 Å². The van der Waals surface area contributed by atoms with E-state index in [9.17, 15) is 13.2 Å². The van der Waals surface area contributed by atoms with Gasteiger partial charge in [0, 0.05) is 35.6 Å². The van der Waals surface area contributed by atoms with Gasteiger partial charge >= 0.3 is 0 Å². The summed E-state index contributed by atoms with van der Waals surface area (Å²) in [7, 11) is -1.93. The monoisotopic (exact) mass is 434 g/mol. The topological polar surface area (TPSA) is 66.5 Å². The molecule has 1 amide bonds. The number of thiophene rings is 1. The lowest BCUT2D eigenvalue weighted by Crippen LogP contribution is -2.26. The van der Waals surface area contributed by atoms with Crippen LogP contribution in [0.3, 0.4) is 0 Å². The van der Waals surface area contributed by atoms with E-state index in [-0.39, 0.29) is 17.3 Å². The summed E-state index contributed by atoms with van der Waals surface area (Å²) in [4.78, 5) is 15.2. The Hall–Kier alpha value is -2.19. The van der Waals surface area contributed by atoms with Gasteiger partial charge in [-0.25, -0.2) is 13.1 Å². The van der Waals surface area contributed by atoms with E-state index in [1.807, 2.05) is 29.6 Å². The number of carbonyl (C=O) groups excluding carboxylic acids is 1. The maximum Gasteiger partial charge on any atom is 0.253 e. The van der Waals surface area contributed by atoms with Crippen LogP contribution in [0.5, 0.6) is 0 Å². The highest BCUT2D eigenvalue weighted by Gasteiger charge is 2.17. The first kappa shape index (κ1) is 20.5. The van der Waals surface area contributed by atoms with Gasteiger partial charge in [-0.2, -0.15) is 0 Å². The third-order valence-corrected chi connectivity index (χ3v) is 6.65. The lowest BCUT2D eigenvalue weighted by atomic mass is 10.1. The number of hydrogen-bond donors (Lipinski definition) is 1. The number of sulfonamides is 1. The number of carbonyl (C=O) groups is 1. The average molecular weight is 435 g/mol. The summed E-state index contributed by atoms with van der Waals surface area (Å²) in [5.74, 6) is -0.189. The third kappa shape index (κ3) is 5.20. The summed E-state index contributed by atoms with van der Waals surface area (Å²) in [5.41, 5.74) is 1.38. The minimum Gasteiger partial charge on any atom is -0.337 e. The third-order valence-electron chi connectivity index (χ3n) is 4.11. The van der Waals surface area contributed by atoms with Gasteiger partial charge in [0.1, 0.15) is 0 Å². The molecular formula is C20H19ClN2O3S2. The van der Waals surface area contributed by atoms with Crippen LogP contribution in [0.4, 0.5) is 0 Å². The van der Waals surface area contributed by atoms with E-state index in [0.29, 0.717) is 17.1 Å². The number of amides is 1. The molecule has 8 heteroatoms. The van der Waals surface area contributed by atoms with Gasteiger partial charge in [-0.3, -0.25) is 4.79 Å². The molecule has 0 saturated carbocycles. The Kier molecular flexibility index (Phi) is 6.51. The fourth-order valence-electron chi connectivity index (χ4n) is 2.60. The standard InChI is InChI=1S/C20H19ClN2O3S2/c1-23(14-15-4-8-17(21)9-5-15)20(24)16-6-10-19(11-7-16)28(25,26)22-13-18-3-2-12-27-18/h2-12,22H,13-14H2,1H3. The van der Waals surface area contributed by atoms with E-state index in [0.717, 1.165) is 10.4 Å². The maximum atomic E-state index is 12.6. The van der Waals surface area contributed by atoms with E-state index in [4.69, 9.17) is 11.6 Å². The van der Waals surface area contributed by atoms with Crippen molar-refractivity contribution < 1.29 is 13.2 Å². The fraction of sp³-hybridized carbons (Fsp3) is 0.150. The molecule has 0 fully saturated rings. The molecule has 2 aromatic carbocycles. The molecule has 0 spiro atoms. The van der Waals surface area contributed by atoms with Crippen LogP contribution < -0.4 is 4.72 Å². The largest absolute Gasteiger partial charge is 0.337 e. The summed E-state index contributed by atoms with van der Waals surface area (Å²) >= 11 is 7.36. The number of benzene rings is 2. The van der Waals surface area contributed by atoms with Gasteiger partial charge in [0.2, 0.25) is 10.0 Å². The molecule has 1 heterocycles. The van der Waals surface area contributed by atoms with E-state index in [1.54, 1.807) is 24.1 Å². The van der Waals surface area contributed by atoms with Crippen LogP contribution in [0.1, 0.15) is 20.8 Å². The predicted molar refractivity (Wildman–Crippen MR) is 112 cm³/mol. The van der Waals surface area contributed by atoms with Crippen molar-refractivity contribution in [3.8, 4) is 0 Å². The molecule has 28 heavy (non-hydrogen) atoms. The van der Waals surface area contributed by atoms with Crippen molar-refractivity contribution in [1.82, 2.24) is 9.62 Å². The smallest absolute Gasteiger partial charge is 0.253 e. The number of nitrogens with zero attached hydrogens (tertiary/aromatic N) is 1. The van der Waals surface area contributed by atoms with Crippen LogP contribution in [0.25, 0.3) is 0 Å². The molecule has 0 aliphatic rings. The second-order valence-corrected chi connectivity index (χ2v) is 9.45. The van der Waals surface area contributed by atoms with Crippen molar-refractivity contribution in [2.45, 2.75) is 18.0 Å². The summed E-state index contributed by atoms with van der Waals surface area (Å²) < 4.78 is 27.4. The zero-order valence-corrected chi connectivity index (χ0v) is 17.5. The van der Waals surface area contributed by atoms with Crippen LogP contribution >= 0.6 is 22.9 Å². The molecule has 1 aromatic heterocycles. The van der Waals surface area contributed by atoms with Crippen LogP contribution in [-0.2, 0) is 23.1 Å². The highest BCUT2D eigenvalue weighted by molar-refractivity contribution is 7.89. The zero-order valence-electron chi connectivity index (χ0n) is 15.1. The van der Waals surface area contributed by atoms with Gasteiger partial charge in [0.15, 0.2) is 0 Å². The van der Waals surface area contributed by atoms with Gasteiger partial charge < -0.3 is 4.90 Å². The van der Waals surface area contributed by atoms with Gasteiger partial charge in [-0.15, -0.1) is 11.3 Å². The maximum absolute atomic E-state index is 12.6. The van der Waals surface area contributed by atoms with Crippen molar-refractivity contribution >= 4 is 38.9 Å². The summed E-state index contributed by atoms with van der Waals surface area (Å²) in [6.45, 7) is 0.670. The Morgan fingerprint density at radius 1 is 1.07 bits per heavy atom. The first-order chi connectivity index (χ1) is 13.3. The summed E-state index contributed by atoms with van der Waals surface area (Å²) in [6.07, 6.45) is 0. The van der Waals surface area contributed by atoms with Gasteiger partial charge in [-0.1, -0.05) is 29.8 Å². The highest BCUT2D eigenvalue weighted by atomic mass is 35.5. The molecule has 0 aliphatic heterocycles. The van der Waals surface area contributed by atoms with Crippen molar-refractivity contribution in [1.29, 1.82) is 0 Å². The van der Waals surface area contributed by atoms with Crippen LogP contribution in [-0.4, -0.2) is 26.3 Å². The molecule has 0 atom stereocenters. The van der Waals surface area contributed by atoms with Crippen molar-refractivity contribution in [2.24, 2.45) is 0 Å². The number of hydrogen-bond acceptors (Lipinski definition) is 4. The summed E-state index contributed by atoms with van der Waals surface area (Å²) in [6, 6.07) is 17.0. The molecule has 146 valence electrons. The lowest BCUT2D eigenvalue weighted by Gasteiger charge is -2.17. The molecule has 0 bridgehead atoms. The second-order valence-electron chi connectivity index (χ2n) is 6.22. The SMILES string of the molecule is CN(Cc1ccc(Cl)cc1)C(=O)c1ccc(S(=O)(=O)NCc2cccs2)cc1. The first-order valence-electron chi connectivity index (χ1n) is 8.47. The molecule has 1 N–H and O–H groups in total. The van der Waals surface area contributed by atoms with Gasteiger partial charge in [0.05, 0.1) is 4.90 Å². The second kappa shape index (κ2) is 8.87. The Morgan fingerprint density at radius 3 is 2.36 bits per heavy atom. The quantitative estimate of drug-likeness (QED) is 0.607. The van der Waals surface area contributed by atoms with Crippen molar-refractivity contribution in [2.75, 3.05) is 7.05 Å². The highest BCUT2D eigenvalue weighted by Crippen LogP contribution is 2.16. The summed E-state index contributed by atoms with van der Waals surface area (Å²) in [5, 5.41) is 2.53. The zero-order chi connectivity index (χ0) is 20.1. The molecule has 0 unspecified atom stereocenters. The molecule has 0 saturated heterocycles. The Labute approximate surface area is 173 Å². The average Bonchev–Trinajstić information content (AvgIpc) is 3.21. The molecular weight excluding hydrogens is 416 g/mol. The number of halogens is 1. The first-order valence-corrected chi connectivity index (χ1v) is 11.2. The van der Waals surface area contributed by atoms with E-state index < -0.39 is 10.0 Å². The van der Waals surface area contributed by atoms with E-state index >= 15 is 0 Å². The minimum atomic E-state index is -3.63. The number of nitrogens with one attached hydrogen (secondary N) is 1. The Morgan fingerprint density at radius 2 is 1.75 bits per heavy atom. The molecule has 3 rings (SSSR count). The van der Waals surface area contributed by atoms with Gasteiger partial charge in [0.25, 0.3) is 5.91 Å².